The van der Waals surface area contributed by atoms with Crippen LogP contribution in [0.4, 0.5) is 5.69 Å². The molecule has 2 aromatic carbocycles. The lowest BCUT2D eigenvalue weighted by molar-refractivity contribution is 0.0700. The van der Waals surface area contributed by atoms with Gasteiger partial charge in [0.2, 0.25) is 0 Å². The Hall–Kier alpha value is -2.73. The van der Waals surface area contributed by atoms with E-state index in [2.05, 4.69) is 4.90 Å². The van der Waals surface area contributed by atoms with Crippen molar-refractivity contribution in [3.05, 3.63) is 46.8 Å². The SMILES string of the molecule is COc1cc2c(Oc3ccc(N4CCCCC4)cc3)c(C(=O)O)sc2cc1C. The molecule has 1 fully saturated rings. The molecule has 2 heterocycles. The molecule has 1 aromatic heterocycles. The number of anilines is 1. The maximum absolute atomic E-state index is 11.8. The van der Waals surface area contributed by atoms with Crippen molar-refractivity contribution in [1.29, 1.82) is 0 Å². The molecule has 28 heavy (non-hydrogen) atoms. The van der Waals surface area contributed by atoms with Crippen LogP contribution in [0.3, 0.4) is 0 Å². The van der Waals surface area contributed by atoms with Gasteiger partial charge in [-0.25, -0.2) is 4.79 Å². The second-order valence-electron chi connectivity index (χ2n) is 7.03. The highest BCUT2D eigenvalue weighted by Crippen LogP contribution is 2.43. The van der Waals surface area contributed by atoms with E-state index in [1.54, 1.807) is 7.11 Å². The highest BCUT2D eigenvalue weighted by atomic mass is 32.1. The maximum atomic E-state index is 11.8. The fourth-order valence-electron chi connectivity index (χ4n) is 3.66. The van der Waals surface area contributed by atoms with Crippen LogP contribution in [0.1, 0.15) is 34.5 Å². The first-order chi connectivity index (χ1) is 13.6. The van der Waals surface area contributed by atoms with Gasteiger partial charge in [0, 0.05) is 28.9 Å². The van der Waals surface area contributed by atoms with E-state index in [0.29, 0.717) is 17.2 Å². The van der Waals surface area contributed by atoms with E-state index in [1.807, 2.05) is 43.3 Å². The van der Waals surface area contributed by atoms with Gasteiger partial charge in [0.15, 0.2) is 10.6 Å². The highest BCUT2D eigenvalue weighted by molar-refractivity contribution is 7.21. The third kappa shape index (κ3) is 3.52. The number of hydrogen-bond acceptors (Lipinski definition) is 5. The average Bonchev–Trinajstić information content (AvgIpc) is 3.06. The van der Waals surface area contributed by atoms with Crippen LogP contribution in [0.5, 0.6) is 17.2 Å². The van der Waals surface area contributed by atoms with Gasteiger partial charge in [-0.1, -0.05) is 0 Å². The maximum Gasteiger partial charge on any atom is 0.349 e. The molecule has 0 saturated carbocycles. The minimum absolute atomic E-state index is 0.197. The number of hydrogen-bond donors (Lipinski definition) is 1. The summed E-state index contributed by atoms with van der Waals surface area (Å²) in [6, 6.07) is 11.7. The normalized spacial score (nSPS) is 14.3. The van der Waals surface area contributed by atoms with Crippen molar-refractivity contribution >= 4 is 33.1 Å². The molecule has 1 aliphatic rings. The minimum Gasteiger partial charge on any atom is -0.496 e. The van der Waals surface area contributed by atoms with Gasteiger partial charge < -0.3 is 19.5 Å². The van der Waals surface area contributed by atoms with Gasteiger partial charge in [0.1, 0.15) is 11.5 Å². The first-order valence-corrected chi connectivity index (χ1v) is 10.3. The molecule has 0 unspecified atom stereocenters. The Labute approximate surface area is 168 Å². The number of carboxylic acid groups (broad SMARTS) is 1. The molecular weight excluding hydrogens is 374 g/mol. The molecule has 0 aliphatic carbocycles. The summed E-state index contributed by atoms with van der Waals surface area (Å²) in [4.78, 5) is 14.3. The van der Waals surface area contributed by atoms with Crippen LogP contribution >= 0.6 is 11.3 Å². The van der Waals surface area contributed by atoms with Gasteiger partial charge >= 0.3 is 5.97 Å². The van der Waals surface area contributed by atoms with E-state index >= 15 is 0 Å². The number of nitrogens with zero attached hydrogens (tertiary/aromatic N) is 1. The zero-order chi connectivity index (χ0) is 19.7. The third-order valence-corrected chi connectivity index (χ3v) is 6.25. The molecule has 1 aliphatic heterocycles. The molecule has 5 nitrogen and oxygen atoms in total. The number of carbonyl (C=O) groups is 1. The molecule has 0 spiro atoms. The van der Waals surface area contributed by atoms with Crippen molar-refractivity contribution in [1.82, 2.24) is 0 Å². The van der Waals surface area contributed by atoms with E-state index < -0.39 is 5.97 Å². The van der Waals surface area contributed by atoms with E-state index in [1.165, 1.54) is 36.3 Å². The van der Waals surface area contributed by atoms with Gasteiger partial charge in [0.25, 0.3) is 0 Å². The molecule has 3 aromatic rings. The predicted molar refractivity (Wildman–Crippen MR) is 113 cm³/mol. The van der Waals surface area contributed by atoms with E-state index in [4.69, 9.17) is 9.47 Å². The van der Waals surface area contributed by atoms with Gasteiger partial charge in [0.05, 0.1) is 7.11 Å². The van der Waals surface area contributed by atoms with Gasteiger partial charge in [-0.15, -0.1) is 11.3 Å². The summed E-state index contributed by atoms with van der Waals surface area (Å²) in [6.07, 6.45) is 3.74. The Morgan fingerprint density at radius 1 is 1.11 bits per heavy atom. The number of ether oxygens (including phenoxy) is 2. The highest BCUT2D eigenvalue weighted by Gasteiger charge is 2.21. The summed E-state index contributed by atoms with van der Waals surface area (Å²) in [5, 5.41) is 10.4. The number of aryl methyl sites for hydroxylation is 1. The van der Waals surface area contributed by atoms with Crippen molar-refractivity contribution in [3.63, 3.8) is 0 Å². The van der Waals surface area contributed by atoms with E-state index in [0.717, 1.165) is 28.7 Å². The fraction of sp³-hybridized carbons (Fsp3) is 0.318. The molecule has 0 amide bonds. The Bertz CT molecular complexity index is 1000. The van der Waals surface area contributed by atoms with E-state index in [-0.39, 0.29) is 4.88 Å². The third-order valence-electron chi connectivity index (χ3n) is 5.13. The fourth-order valence-corrected chi connectivity index (χ4v) is 4.71. The summed E-state index contributed by atoms with van der Waals surface area (Å²) < 4.78 is 12.3. The zero-order valence-corrected chi connectivity index (χ0v) is 16.8. The molecular formula is C22H23NO4S. The summed E-state index contributed by atoms with van der Waals surface area (Å²) in [6.45, 7) is 4.10. The molecule has 1 N–H and O–H groups in total. The largest absolute Gasteiger partial charge is 0.496 e. The quantitative estimate of drug-likeness (QED) is 0.598. The minimum atomic E-state index is -0.988. The average molecular weight is 397 g/mol. The summed E-state index contributed by atoms with van der Waals surface area (Å²) in [5.74, 6) is 0.726. The van der Waals surface area contributed by atoms with Crippen LogP contribution in [0.25, 0.3) is 10.1 Å². The number of thiophene rings is 1. The van der Waals surface area contributed by atoms with Gasteiger partial charge in [-0.05, 0) is 68.1 Å². The van der Waals surface area contributed by atoms with Crippen LogP contribution in [-0.2, 0) is 0 Å². The monoisotopic (exact) mass is 397 g/mol. The standard InChI is InChI=1S/C22H23NO4S/c1-14-12-19-17(13-18(14)26-2)20(21(28-19)22(24)25)27-16-8-6-15(7-9-16)23-10-4-3-5-11-23/h6-9,12-13H,3-5,10-11H2,1-2H3,(H,24,25). The lowest BCUT2D eigenvalue weighted by Gasteiger charge is -2.28. The number of carboxylic acids is 1. The van der Waals surface area contributed by atoms with Crippen molar-refractivity contribution in [2.24, 2.45) is 0 Å². The first kappa shape index (κ1) is 18.6. The number of piperidine rings is 1. The molecule has 0 atom stereocenters. The van der Waals surface area contributed by atoms with Crippen LogP contribution in [0.2, 0.25) is 0 Å². The van der Waals surface area contributed by atoms with Crippen LogP contribution in [0.15, 0.2) is 36.4 Å². The van der Waals surface area contributed by atoms with Crippen molar-refractivity contribution < 1.29 is 19.4 Å². The Kier molecular flexibility index (Phi) is 5.13. The second kappa shape index (κ2) is 7.72. The first-order valence-electron chi connectivity index (χ1n) is 9.44. The van der Waals surface area contributed by atoms with Crippen molar-refractivity contribution in [2.75, 3.05) is 25.1 Å². The molecule has 0 radical (unpaired) electrons. The Balaban J connectivity index is 1.68. The molecule has 4 rings (SSSR count). The number of methoxy groups -OCH3 is 1. The van der Waals surface area contributed by atoms with Gasteiger partial charge in [-0.2, -0.15) is 0 Å². The number of rotatable bonds is 5. The van der Waals surface area contributed by atoms with E-state index in [9.17, 15) is 9.90 Å². The number of benzene rings is 2. The van der Waals surface area contributed by atoms with Crippen molar-refractivity contribution in [3.8, 4) is 17.2 Å². The summed E-state index contributed by atoms with van der Waals surface area (Å²) in [7, 11) is 1.61. The van der Waals surface area contributed by atoms with Crippen LogP contribution < -0.4 is 14.4 Å². The number of aromatic carboxylic acids is 1. The second-order valence-corrected chi connectivity index (χ2v) is 8.08. The lowest BCUT2D eigenvalue weighted by atomic mass is 10.1. The Morgan fingerprint density at radius 2 is 1.82 bits per heavy atom. The van der Waals surface area contributed by atoms with Crippen LogP contribution in [-0.4, -0.2) is 31.3 Å². The summed E-state index contributed by atoms with van der Waals surface area (Å²) >= 11 is 1.22. The van der Waals surface area contributed by atoms with Gasteiger partial charge in [-0.3, -0.25) is 0 Å². The molecule has 6 heteroatoms. The zero-order valence-electron chi connectivity index (χ0n) is 16.0. The number of fused-ring (bicyclic) bond motifs is 1. The predicted octanol–water partition coefficient (Wildman–Crippen LogP) is 5.70. The molecule has 0 bridgehead atoms. The summed E-state index contributed by atoms with van der Waals surface area (Å²) in [5.41, 5.74) is 2.14. The lowest BCUT2D eigenvalue weighted by Crippen LogP contribution is -2.29. The smallest absolute Gasteiger partial charge is 0.349 e. The molecule has 1 saturated heterocycles. The topological polar surface area (TPSA) is 59.0 Å². The van der Waals surface area contributed by atoms with Crippen LogP contribution in [0, 0.1) is 6.92 Å². The Morgan fingerprint density at radius 3 is 2.46 bits per heavy atom. The molecule has 146 valence electrons. The van der Waals surface area contributed by atoms with Crippen molar-refractivity contribution in [2.45, 2.75) is 26.2 Å².